The highest BCUT2D eigenvalue weighted by atomic mass is 15.0. The maximum atomic E-state index is 5.38. The van der Waals surface area contributed by atoms with Crippen LogP contribution in [-0.4, -0.2) is 24.5 Å². The van der Waals surface area contributed by atoms with Crippen molar-refractivity contribution in [3.05, 3.63) is 213 Å². The van der Waals surface area contributed by atoms with Crippen LogP contribution in [-0.2, 0) is 0 Å². The van der Waals surface area contributed by atoms with E-state index < -0.39 is 0 Å². The Balaban J connectivity index is 1.11. The lowest BCUT2D eigenvalue weighted by Gasteiger charge is -2.14. The summed E-state index contributed by atoms with van der Waals surface area (Å²) in [5.74, 6) is 0. The number of hydrogen-bond acceptors (Lipinski definition) is 4. The van der Waals surface area contributed by atoms with E-state index in [2.05, 4.69) is 178 Å². The molecule has 0 fully saturated rings. The summed E-state index contributed by atoms with van der Waals surface area (Å²) in [5, 5.41) is 8.24. The molecule has 0 saturated heterocycles. The van der Waals surface area contributed by atoms with E-state index in [1.807, 2.05) is 48.8 Å². The van der Waals surface area contributed by atoms with Gasteiger partial charge in [-0.25, -0.2) is 9.97 Å². The molecule has 5 nitrogen and oxygen atoms in total. The average Bonchev–Trinajstić information content (AvgIpc) is 3.67. The molecule has 7 aromatic carbocycles. The number of para-hydroxylation sites is 3. The molecule has 5 heteroatoms. The van der Waals surface area contributed by atoms with Crippen molar-refractivity contribution in [1.29, 1.82) is 0 Å². The van der Waals surface area contributed by atoms with Crippen molar-refractivity contribution in [1.82, 2.24) is 24.5 Å². The number of nitrogens with zero attached hydrogens (tertiary/aromatic N) is 5. The lowest BCUT2D eigenvalue weighted by Crippen LogP contribution is -1.96. The molecular weight excluding hydrogens is 743 g/mol. The van der Waals surface area contributed by atoms with Gasteiger partial charge in [-0.15, -0.1) is 0 Å². The predicted molar refractivity (Wildman–Crippen MR) is 252 cm³/mol. The molecule has 0 bridgehead atoms. The van der Waals surface area contributed by atoms with Crippen LogP contribution in [0.5, 0.6) is 0 Å². The maximum absolute atomic E-state index is 5.38. The van der Waals surface area contributed by atoms with Gasteiger partial charge in [-0.3, -0.25) is 9.97 Å². The van der Waals surface area contributed by atoms with Crippen molar-refractivity contribution < 1.29 is 0 Å². The molecule has 0 spiro atoms. The predicted octanol–water partition coefficient (Wildman–Crippen LogP) is 14.2. The number of hydrogen-bond donors (Lipinski definition) is 0. The number of benzene rings is 7. The second-order valence-electron chi connectivity index (χ2n) is 15.5. The highest BCUT2D eigenvalue weighted by molar-refractivity contribution is 6.22. The van der Waals surface area contributed by atoms with E-state index in [1.165, 1.54) is 26.9 Å². The van der Waals surface area contributed by atoms with E-state index in [4.69, 9.17) is 9.97 Å². The summed E-state index contributed by atoms with van der Waals surface area (Å²) >= 11 is 0. The Morgan fingerprint density at radius 3 is 1.82 bits per heavy atom. The third kappa shape index (κ3) is 5.94. The lowest BCUT2D eigenvalue weighted by molar-refractivity contribution is 1.18. The van der Waals surface area contributed by atoms with E-state index in [1.54, 1.807) is 0 Å². The van der Waals surface area contributed by atoms with Crippen LogP contribution in [0.3, 0.4) is 0 Å². The van der Waals surface area contributed by atoms with Gasteiger partial charge in [0, 0.05) is 50.8 Å². The average molecular weight is 778 g/mol. The molecule has 284 valence electrons. The quantitative estimate of drug-likeness (QED) is 0.158. The summed E-state index contributed by atoms with van der Waals surface area (Å²) in [4.78, 5) is 19.7. The molecule has 0 aliphatic carbocycles. The highest BCUT2D eigenvalue weighted by Crippen LogP contribution is 2.43. The first-order valence-corrected chi connectivity index (χ1v) is 20.5. The van der Waals surface area contributed by atoms with Crippen molar-refractivity contribution in [3.63, 3.8) is 0 Å². The van der Waals surface area contributed by atoms with Crippen molar-refractivity contribution in [3.8, 4) is 62.0 Å². The smallest absolute Gasteiger partial charge is 0.0900 e. The Morgan fingerprint density at radius 2 is 1.03 bits per heavy atom. The number of rotatable bonds is 6. The van der Waals surface area contributed by atoms with Gasteiger partial charge in [-0.2, -0.15) is 0 Å². The van der Waals surface area contributed by atoms with Gasteiger partial charge in [0.25, 0.3) is 0 Å². The largest absolute Gasteiger partial charge is 0.309 e. The molecule has 0 unspecified atom stereocenters. The van der Waals surface area contributed by atoms with Gasteiger partial charge in [0.15, 0.2) is 0 Å². The highest BCUT2D eigenvalue weighted by Gasteiger charge is 2.21. The minimum Gasteiger partial charge on any atom is -0.309 e. The van der Waals surface area contributed by atoms with Gasteiger partial charge in [-0.05, 0) is 112 Å². The van der Waals surface area contributed by atoms with Gasteiger partial charge in [-0.1, -0.05) is 121 Å². The van der Waals surface area contributed by atoms with Crippen LogP contribution in [0.25, 0.3) is 116 Å². The summed E-state index contributed by atoms with van der Waals surface area (Å²) in [7, 11) is 0. The van der Waals surface area contributed by atoms with Gasteiger partial charge in [0.1, 0.15) is 0 Å². The topological polar surface area (TPSA) is 56.5 Å². The second-order valence-corrected chi connectivity index (χ2v) is 15.5. The third-order valence-corrected chi connectivity index (χ3v) is 11.8. The van der Waals surface area contributed by atoms with Crippen LogP contribution < -0.4 is 0 Å². The molecule has 5 aromatic heterocycles. The van der Waals surface area contributed by atoms with Crippen LogP contribution >= 0.6 is 0 Å². The molecular formula is C56H35N5. The van der Waals surface area contributed by atoms with Gasteiger partial charge < -0.3 is 4.57 Å². The Kier molecular flexibility index (Phi) is 8.10. The van der Waals surface area contributed by atoms with Crippen molar-refractivity contribution in [2.45, 2.75) is 0 Å². The van der Waals surface area contributed by atoms with E-state index in [0.29, 0.717) is 0 Å². The molecule has 12 rings (SSSR count). The Bertz CT molecular complexity index is 3580. The molecule has 61 heavy (non-hydrogen) atoms. The molecule has 0 amide bonds. The molecule has 12 aromatic rings. The summed E-state index contributed by atoms with van der Waals surface area (Å²) in [5.41, 5.74) is 14.0. The van der Waals surface area contributed by atoms with Crippen molar-refractivity contribution >= 4 is 54.3 Å². The SMILES string of the molecule is c1ccc(-n2c3cc4c(-c5ccc6ccccc6c5)nc5ccccc5c4cc3c3cccc(-c4cccc(-c5cc(-c6ccccn6)nc(-c6ccccn6)c5)c4)c32)cc1. The second kappa shape index (κ2) is 14.2. The number of pyridine rings is 4. The monoisotopic (exact) mass is 777 g/mol. The van der Waals surface area contributed by atoms with Crippen LogP contribution in [0.15, 0.2) is 213 Å². The van der Waals surface area contributed by atoms with E-state index in [9.17, 15) is 0 Å². The molecule has 0 N–H and O–H groups in total. The first kappa shape index (κ1) is 34.7. The zero-order valence-electron chi connectivity index (χ0n) is 32.9. The molecule has 0 aliphatic rings. The minimum absolute atomic E-state index is 0.799. The first-order valence-electron chi connectivity index (χ1n) is 20.5. The molecule has 0 radical (unpaired) electrons. The summed E-state index contributed by atoms with van der Waals surface area (Å²) < 4.78 is 2.44. The van der Waals surface area contributed by atoms with Crippen LogP contribution in [0, 0.1) is 0 Å². The Hall–Kier alpha value is -8.28. The number of aromatic nitrogens is 5. The number of fused-ring (bicyclic) bond motifs is 7. The van der Waals surface area contributed by atoms with Gasteiger partial charge >= 0.3 is 0 Å². The Morgan fingerprint density at radius 1 is 0.344 bits per heavy atom. The van der Waals surface area contributed by atoms with Gasteiger partial charge in [0.2, 0.25) is 0 Å². The van der Waals surface area contributed by atoms with Crippen LogP contribution in [0.2, 0.25) is 0 Å². The van der Waals surface area contributed by atoms with Crippen LogP contribution in [0.1, 0.15) is 0 Å². The maximum Gasteiger partial charge on any atom is 0.0900 e. The lowest BCUT2D eigenvalue weighted by atomic mass is 9.95. The minimum atomic E-state index is 0.799. The summed E-state index contributed by atoms with van der Waals surface area (Å²) in [6.45, 7) is 0. The fraction of sp³-hybridized carbons (Fsp3) is 0. The summed E-state index contributed by atoms with van der Waals surface area (Å²) in [6.07, 6.45) is 3.62. The molecule has 0 aliphatic heterocycles. The van der Waals surface area contributed by atoms with E-state index in [0.717, 1.165) is 89.3 Å². The van der Waals surface area contributed by atoms with E-state index >= 15 is 0 Å². The van der Waals surface area contributed by atoms with Crippen molar-refractivity contribution in [2.75, 3.05) is 0 Å². The third-order valence-electron chi connectivity index (χ3n) is 11.8. The van der Waals surface area contributed by atoms with Crippen LogP contribution in [0.4, 0.5) is 0 Å². The molecule has 0 saturated carbocycles. The van der Waals surface area contributed by atoms with E-state index in [-0.39, 0.29) is 0 Å². The molecule has 0 atom stereocenters. The zero-order chi connectivity index (χ0) is 40.3. The molecule has 5 heterocycles. The Labute approximate surface area is 351 Å². The van der Waals surface area contributed by atoms with Crippen molar-refractivity contribution in [2.24, 2.45) is 0 Å². The fourth-order valence-electron chi connectivity index (χ4n) is 9.00. The standard InChI is InChI=1S/C56H35N5/c1-2-18-42(19-3-1)61-54-35-48-46(44-20-6-7-23-49(44)60-55(48)40-27-26-36-14-4-5-15-37(36)31-40)34-47(54)45-22-13-21-43(56(45)61)39-17-12-16-38(30-39)41-32-52(50-24-8-10-28-57-50)59-53(33-41)51-25-9-11-29-58-51/h1-35H. The summed E-state index contributed by atoms with van der Waals surface area (Å²) in [6, 6.07) is 70.9. The normalized spacial score (nSPS) is 11.6. The zero-order valence-corrected chi connectivity index (χ0v) is 32.9. The fourth-order valence-corrected chi connectivity index (χ4v) is 9.00. The first-order chi connectivity index (χ1) is 30.2. The van der Waals surface area contributed by atoms with Gasteiger partial charge in [0.05, 0.1) is 45.0 Å².